The average Bonchev–Trinajstić information content (AvgIpc) is 2.53. The fraction of sp³-hybridized carbons (Fsp3) is 0.267. The van der Waals surface area contributed by atoms with Crippen LogP contribution in [0.3, 0.4) is 0 Å². The first-order valence-corrected chi connectivity index (χ1v) is 7.38. The molecule has 0 saturated heterocycles. The molecule has 0 bridgehead atoms. The number of amides is 1. The molecule has 0 saturated carbocycles. The van der Waals surface area contributed by atoms with Gasteiger partial charge in [0.2, 0.25) is 0 Å². The standard InChI is InChI=1S/C15H19FN4OS/c1-4-13(15(21)20(11-17)9-5-7-16)22-14-10-12(19(2)3)6-8-18-14/h4-6,8-11,17H,7H2,1-3H3/b9-5+,13-4-,17-11?. The van der Waals surface area contributed by atoms with E-state index in [9.17, 15) is 9.18 Å². The number of aromatic nitrogens is 1. The van der Waals surface area contributed by atoms with Gasteiger partial charge in [-0.25, -0.2) is 9.37 Å². The van der Waals surface area contributed by atoms with Gasteiger partial charge in [-0.05, 0) is 25.1 Å². The lowest BCUT2D eigenvalue weighted by atomic mass is 10.4. The molecule has 1 amide bonds. The highest BCUT2D eigenvalue weighted by Crippen LogP contribution is 2.28. The topological polar surface area (TPSA) is 60.3 Å². The van der Waals surface area contributed by atoms with Gasteiger partial charge < -0.3 is 4.90 Å². The Hall–Kier alpha value is -2.15. The second kappa shape index (κ2) is 8.99. The van der Waals surface area contributed by atoms with Crippen LogP contribution in [0.5, 0.6) is 0 Å². The van der Waals surface area contributed by atoms with E-state index in [4.69, 9.17) is 5.41 Å². The van der Waals surface area contributed by atoms with Crippen LogP contribution >= 0.6 is 11.8 Å². The largest absolute Gasteiger partial charge is 0.378 e. The van der Waals surface area contributed by atoms with Gasteiger partial charge in [-0.1, -0.05) is 17.8 Å². The van der Waals surface area contributed by atoms with E-state index in [-0.39, 0.29) is 0 Å². The fourth-order valence-corrected chi connectivity index (χ4v) is 2.35. The zero-order valence-corrected chi connectivity index (χ0v) is 13.6. The number of carbonyl (C=O) groups excluding carboxylic acids is 1. The summed E-state index contributed by atoms with van der Waals surface area (Å²) >= 11 is 1.21. The van der Waals surface area contributed by atoms with Crippen molar-refractivity contribution < 1.29 is 9.18 Å². The van der Waals surface area contributed by atoms with Gasteiger partial charge in [-0.3, -0.25) is 15.1 Å². The average molecular weight is 322 g/mol. The highest BCUT2D eigenvalue weighted by molar-refractivity contribution is 8.04. The number of hydrogen-bond acceptors (Lipinski definition) is 5. The normalized spacial score (nSPS) is 11.5. The molecule has 0 aliphatic carbocycles. The molecule has 1 rings (SSSR count). The van der Waals surface area contributed by atoms with Crippen molar-refractivity contribution in [3.05, 3.63) is 41.6 Å². The van der Waals surface area contributed by atoms with Gasteiger partial charge in [-0.2, -0.15) is 0 Å². The third-order valence-corrected chi connectivity index (χ3v) is 3.71. The van der Waals surface area contributed by atoms with Crippen molar-refractivity contribution in [1.82, 2.24) is 9.88 Å². The lowest BCUT2D eigenvalue weighted by Crippen LogP contribution is -2.24. The van der Waals surface area contributed by atoms with E-state index in [2.05, 4.69) is 4.98 Å². The van der Waals surface area contributed by atoms with Gasteiger partial charge in [0.1, 0.15) is 11.7 Å². The van der Waals surface area contributed by atoms with Crippen LogP contribution in [-0.2, 0) is 4.79 Å². The number of carbonyl (C=O) groups is 1. The van der Waals surface area contributed by atoms with E-state index >= 15 is 0 Å². The number of rotatable bonds is 7. The predicted octanol–water partition coefficient (Wildman–Crippen LogP) is 3.06. The molecule has 0 aliphatic heterocycles. The number of hydrogen-bond donors (Lipinski definition) is 1. The number of allylic oxidation sites excluding steroid dienone is 2. The molecule has 1 N–H and O–H groups in total. The zero-order chi connectivity index (χ0) is 16.5. The highest BCUT2D eigenvalue weighted by Gasteiger charge is 2.16. The third-order valence-electron chi connectivity index (χ3n) is 2.65. The number of halogens is 1. The van der Waals surface area contributed by atoms with Crippen LogP contribution in [0.4, 0.5) is 10.1 Å². The Morgan fingerprint density at radius 2 is 2.23 bits per heavy atom. The quantitative estimate of drug-likeness (QED) is 0.363. The van der Waals surface area contributed by atoms with Crippen molar-refractivity contribution in [3.8, 4) is 0 Å². The van der Waals surface area contributed by atoms with Crippen LogP contribution in [-0.4, -0.2) is 42.9 Å². The molecule has 1 aromatic rings. The van der Waals surface area contributed by atoms with Crippen LogP contribution in [0, 0.1) is 5.41 Å². The Kier molecular flexibility index (Phi) is 7.31. The van der Waals surface area contributed by atoms with Crippen LogP contribution in [0.15, 0.2) is 46.6 Å². The number of nitrogens with one attached hydrogen (secondary N) is 1. The van der Waals surface area contributed by atoms with Crippen LogP contribution < -0.4 is 4.90 Å². The van der Waals surface area contributed by atoms with E-state index in [1.807, 2.05) is 31.1 Å². The van der Waals surface area contributed by atoms with E-state index in [1.165, 1.54) is 24.0 Å². The number of thioether (sulfide) groups is 1. The summed E-state index contributed by atoms with van der Waals surface area (Å²) in [5.41, 5.74) is 0.974. The fourth-order valence-electron chi connectivity index (χ4n) is 1.52. The number of anilines is 1. The van der Waals surface area contributed by atoms with E-state index in [0.717, 1.165) is 16.9 Å². The first kappa shape index (κ1) is 17.9. The van der Waals surface area contributed by atoms with Crippen LogP contribution in [0.25, 0.3) is 0 Å². The molecule has 5 nitrogen and oxygen atoms in total. The predicted molar refractivity (Wildman–Crippen MR) is 88.9 cm³/mol. The lowest BCUT2D eigenvalue weighted by Gasteiger charge is -2.15. The maximum atomic E-state index is 12.3. The summed E-state index contributed by atoms with van der Waals surface area (Å²) in [4.78, 5) is 19.9. The molecule has 0 spiro atoms. The van der Waals surface area contributed by atoms with Crippen molar-refractivity contribution in [2.45, 2.75) is 11.9 Å². The summed E-state index contributed by atoms with van der Waals surface area (Å²) in [5.74, 6) is -0.399. The Morgan fingerprint density at radius 3 is 2.77 bits per heavy atom. The second-order valence-corrected chi connectivity index (χ2v) is 5.44. The van der Waals surface area contributed by atoms with Gasteiger partial charge in [0.15, 0.2) is 0 Å². The van der Waals surface area contributed by atoms with Crippen molar-refractivity contribution in [2.75, 3.05) is 25.7 Å². The smallest absolute Gasteiger partial charge is 0.269 e. The van der Waals surface area contributed by atoms with Gasteiger partial charge in [0.05, 0.1) is 11.2 Å². The van der Waals surface area contributed by atoms with Crippen LogP contribution in [0.2, 0.25) is 0 Å². The monoisotopic (exact) mass is 322 g/mol. The minimum Gasteiger partial charge on any atom is -0.378 e. The molecule has 0 aliphatic rings. The Labute approximate surface area is 134 Å². The molecular weight excluding hydrogens is 303 g/mol. The minimum atomic E-state index is -0.692. The summed E-state index contributed by atoms with van der Waals surface area (Å²) in [6.45, 7) is 1.04. The molecule has 0 fully saturated rings. The summed E-state index contributed by atoms with van der Waals surface area (Å²) in [7, 11) is 3.84. The number of alkyl halides is 1. The Bertz CT molecular complexity index is 587. The van der Waals surface area contributed by atoms with Gasteiger partial charge in [0.25, 0.3) is 5.91 Å². The molecule has 0 aromatic carbocycles. The van der Waals surface area contributed by atoms with E-state index < -0.39 is 12.6 Å². The lowest BCUT2D eigenvalue weighted by molar-refractivity contribution is -0.120. The molecule has 7 heteroatoms. The molecule has 0 radical (unpaired) electrons. The van der Waals surface area contributed by atoms with E-state index in [1.54, 1.807) is 19.2 Å². The maximum Gasteiger partial charge on any atom is 0.269 e. The van der Waals surface area contributed by atoms with Crippen molar-refractivity contribution in [3.63, 3.8) is 0 Å². The molecule has 118 valence electrons. The highest BCUT2D eigenvalue weighted by atomic mass is 32.2. The molecular formula is C15H19FN4OS. The summed E-state index contributed by atoms with van der Waals surface area (Å²) in [6, 6.07) is 3.74. The molecule has 1 aromatic heterocycles. The minimum absolute atomic E-state index is 0.399. The second-order valence-electron chi connectivity index (χ2n) is 4.38. The Balaban J connectivity index is 2.93. The maximum absolute atomic E-state index is 12.3. The van der Waals surface area contributed by atoms with Crippen molar-refractivity contribution >= 4 is 29.7 Å². The third kappa shape index (κ3) is 5.00. The van der Waals surface area contributed by atoms with Gasteiger partial charge in [0, 0.05) is 32.2 Å². The van der Waals surface area contributed by atoms with Crippen molar-refractivity contribution in [1.29, 1.82) is 5.41 Å². The molecule has 1 heterocycles. The molecule has 0 atom stereocenters. The van der Waals surface area contributed by atoms with E-state index in [0.29, 0.717) is 9.93 Å². The van der Waals surface area contributed by atoms with Gasteiger partial charge >= 0.3 is 0 Å². The van der Waals surface area contributed by atoms with Gasteiger partial charge in [-0.15, -0.1) is 0 Å². The summed E-state index contributed by atoms with van der Waals surface area (Å²) in [5, 5.41) is 7.93. The zero-order valence-electron chi connectivity index (χ0n) is 12.8. The first-order valence-electron chi connectivity index (χ1n) is 6.57. The Morgan fingerprint density at radius 1 is 1.50 bits per heavy atom. The number of pyridine rings is 1. The molecule has 0 unspecified atom stereocenters. The van der Waals surface area contributed by atoms with Crippen LogP contribution in [0.1, 0.15) is 6.92 Å². The summed E-state index contributed by atoms with van der Waals surface area (Å²) < 4.78 is 12.2. The summed E-state index contributed by atoms with van der Waals surface area (Å²) in [6.07, 6.45) is 6.58. The van der Waals surface area contributed by atoms with Crippen molar-refractivity contribution in [2.24, 2.45) is 0 Å². The number of nitrogens with zero attached hydrogens (tertiary/aromatic N) is 3. The molecule has 22 heavy (non-hydrogen) atoms. The SMILES string of the molecule is C/C=C(\Sc1cc(N(C)C)ccn1)C(=O)N(C=N)/C=C/CF. The first-order chi connectivity index (χ1) is 10.5.